The van der Waals surface area contributed by atoms with Crippen LogP contribution in [0.3, 0.4) is 0 Å². The van der Waals surface area contributed by atoms with Crippen LogP contribution in [-0.2, 0) is 4.79 Å². The van der Waals surface area contributed by atoms with Crippen molar-refractivity contribution in [2.24, 2.45) is 5.92 Å². The number of amides is 1. The summed E-state index contributed by atoms with van der Waals surface area (Å²) in [5.74, 6) is -1.69. The van der Waals surface area contributed by atoms with E-state index < -0.39 is 11.9 Å². The Morgan fingerprint density at radius 1 is 1.24 bits per heavy atom. The van der Waals surface area contributed by atoms with Gasteiger partial charge in [0.1, 0.15) is 0 Å². The van der Waals surface area contributed by atoms with Crippen LogP contribution in [-0.4, -0.2) is 23.0 Å². The molecule has 1 aromatic rings. The standard InChI is InChI=1S/C15H17BrClNO3/c16-9-6-7-12(17)11(8-9)14(19)18-13-5-3-1-2-4-10(13)15(20)21/h6-8,10,13H,1-5H2,(H,18,19)(H,20,21). The van der Waals surface area contributed by atoms with Gasteiger partial charge < -0.3 is 10.4 Å². The number of hydrogen-bond acceptors (Lipinski definition) is 2. The van der Waals surface area contributed by atoms with Crippen molar-refractivity contribution in [3.05, 3.63) is 33.3 Å². The van der Waals surface area contributed by atoms with Crippen molar-refractivity contribution in [3.63, 3.8) is 0 Å². The number of hydrogen-bond donors (Lipinski definition) is 2. The Bertz CT molecular complexity index is 550. The molecule has 1 aliphatic carbocycles. The highest BCUT2D eigenvalue weighted by Crippen LogP contribution is 2.26. The molecule has 114 valence electrons. The Hall–Kier alpha value is -1.07. The highest BCUT2D eigenvalue weighted by atomic mass is 79.9. The first-order valence-corrected chi connectivity index (χ1v) is 8.15. The molecule has 0 saturated heterocycles. The van der Waals surface area contributed by atoms with Gasteiger partial charge in [0.15, 0.2) is 0 Å². The van der Waals surface area contributed by atoms with Crippen molar-refractivity contribution >= 4 is 39.4 Å². The number of carbonyl (C=O) groups is 2. The number of halogens is 2. The van der Waals surface area contributed by atoms with Crippen molar-refractivity contribution in [1.82, 2.24) is 5.32 Å². The second-order valence-electron chi connectivity index (χ2n) is 5.29. The lowest BCUT2D eigenvalue weighted by Gasteiger charge is -2.23. The van der Waals surface area contributed by atoms with E-state index in [1.54, 1.807) is 18.2 Å². The monoisotopic (exact) mass is 373 g/mol. The zero-order chi connectivity index (χ0) is 15.4. The van der Waals surface area contributed by atoms with Crippen molar-refractivity contribution in [2.75, 3.05) is 0 Å². The van der Waals surface area contributed by atoms with Gasteiger partial charge in [-0.05, 0) is 31.0 Å². The van der Waals surface area contributed by atoms with Crippen LogP contribution in [0.1, 0.15) is 42.5 Å². The van der Waals surface area contributed by atoms with E-state index in [0.717, 1.165) is 23.7 Å². The fourth-order valence-corrected chi connectivity index (χ4v) is 3.26. The number of carboxylic acid groups (broad SMARTS) is 1. The van der Waals surface area contributed by atoms with E-state index in [0.29, 0.717) is 23.4 Å². The van der Waals surface area contributed by atoms with Crippen molar-refractivity contribution in [2.45, 2.75) is 38.1 Å². The van der Waals surface area contributed by atoms with Crippen LogP contribution in [0.25, 0.3) is 0 Å². The molecule has 1 fully saturated rings. The molecule has 2 rings (SSSR count). The fraction of sp³-hybridized carbons (Fsp3) is 0.467. The summed E-state index contributed by atoms with van der Waals surface area (Å²) < 4.78 is 0.757. The van der Waals surface area contributed by atoms with Crippen molar-refractivity contribution < 1.29 is 14.7 Å². The van der Waals surface area contributed by atoms with E-state index in [-0.39, 0.29) is 11.9 Å². The Balaban J connectivity index is 2.16. The molecule has 0 aliphatic heterocycles. The predicted molar refractivity (Wildman–Crippen MR) is 84.6 cm³/mol. The zero-order valence-electron chi connectivity index (χ0n) is 11.4. The fourth-order valence-electron chi connectivity index (χ4n) is 2.69. The highest BCUT2D eigenvalue weighted by Gasteiger charge is 2.31. The molecule has 0 spiro atoms. The summed E-state index contributed by atoms with van der Waals surface area (Å²) in [6.45, 7) is 0. The quantitative estimate of drug-likeness (QED) is 0.789. The summed E-state index contributed by atoms with van der Waals surface area (Å²) in [5.41, 5.74) is 0.361. The number of rotatable bonds is 3. The molecular weight excluding hydrogens is 358 g/mol. The molecular formula is C15H17BrClNO3. The van der Waals surface area contributed by atoms with E-state index >= 15 is 0 Å². The largest absolute Gasteiger partial charge is 0.481 e. The van der Waals surface area contributed by atoms with Gasteiger partial charge in [-0.15, -0.1) is 0 Å². The summed E-state index contributed by atoms with van der Waals surface area (Å²) in [6, 6.07) is 4.70. The minimum atomic E-state index is -0.845. The third kappa shape index (κ3) is 4.20. The number of nitrogens with one attached hydrogen (secondary N) is 1. The summed E-state index contributed by atoms with van der Waals surface area (Å²) in [4.78, 5) is 23.7. The number of carboxylic acids is 1. The third-order valence-corrected chi connectivity index (χ3v) is 4.65. The van der Waals surface area contributed by atoms with Gasteiger partial charge in [0.05, 0.1) is 16.5 Å². The molecule has 0 radical (unpaired) electrons. The smallest absolute Gasteiger partial charge is 0.308 e. The minimum absolute atomic E-state index is 0.320. The molecule has 4 nitrogen and oxygen atoms in total. The molecule has 1 amide bonds. The Morgan fingerprint density at radius 2 is 1.95 bits per heavy atom. The number of aliphatic carboxylic acids is 1. The van der Waals surface area contributed by atoms with E-state index in [2.05, 4.69) is 21.2 Å². The maximum Gasteiger partial charge on any atom is 0.308 e. The zero-order valence-corrected chi connectivity index (χ0v) is 13.8. The molecule has 2 unspecified atom stereocenters. The molecule has 0 aromatic heterocycles. The van der Waals surface area contributed by atoms with Gasteiger partial charge in [0.25, 0.3) is 5.91 Å². The normalized spacial score (nSPS) is 22.4. The lowest BCUT2D eigenvalue weighted by atomic mass is 9.94. The Morgan fingerprint density at radius 3 is 2.67 bits per heavy atom. The SMILES string of the molecule is O=C(NC1CCCCCC1C(=O)O)c1cc(Br)ccc1Cl. The summed E-state index contributed by atoms with van der Waals surface area (Å²) in [6.07, 6.45) is 4.12. The first kappa shape index (κ1) is 16.3. The van der Waals surface area contributed by atoms with Crippen LogP contribution in [0, 0.1) is 5.92 Å². The van der Waals surface area contributed by atoms with Crippen LogP contribution < -0.4 is 5.32 Å². The van der Waals surface area contributed by atoms with Gasteiger partial charge in [-0.3, -0.25) is 9.59 Å². The summed E-state index contributed by atoms with van der Waals surface area (Å²) in [7, 11) is 0. The average Bonchev–Trinajstić information content (AvgIpc) is 2.67. The molecule has 1 aromatic carbocycles. The van der Waals surface area contributed by atoms with Gasteiger partial charge in [0, 0.05) is 10.5 Å². The second-order valence-corrected chi connectivity index (χ2v) is 6.61. The topological polar surface area (TPSA) is 66.4 Å². The molecule has 21 heavy (non-hydrogen) atoms. The third-order valence-electron chi connectivity index (χ3n) is 3.82. The van der Waals surface area contributed by atoms with Crippen molar-refractivity contribution in [3.8, 4) is 0 Å². The van der Waals surface area contributed by atoms with Gasteiger partial charge in [0.2, 0.25) is 0 Å². The second kappa shape index (κ2) is 7.27. The van der Waals surface area contributed by atoms with Gasteiger partial charge >= 0.3 is 5.97 Å². The minimum Gasteiger partial charge on any atom is -0.481 e. The summed E-state index contributed by atoms with van der Waals surface area (Å²) >= 11 is 9.35. The molecule has 1 aliphatic rings. The Labute approximate surface area is 137 Å². The molecule has 6 heteroatoms. The van der Waals surface area contributed by atoms with Gasteiger partial charge in [-0.1, -0.05) is 46.8 Å². The van der Waals surface area contributed by atoms with Gasteiger partial charge in [-0.2, -0.15) is 0 Å². The van der Waals surface area contributed by atoms with Crippen LogP contribution in [0.15, 0.2) is 22.7 Å². The van der Waals surface area contributed by atoms with E-state index in [1.807, 2.05) is 0 Å². The highest BCUT2D eigenvalue weighted by molar-refractivity contribution is 9.10. The number of carbonyl (C=O) groups excluding carboxylic acids is 1. The lowest BCUT2D eigenvalue weighted by molar-refractivity contribution is -0.142. The van der Waals surface area contributed by atoms with Crippen LogP contribution in [0.5, 0.6) is 0 Å². The first-order chi connectivity index (χ1) is 9.99. The van der Waals surface area contributed by atoms with E-state index in [1.165, 1.54) is 0 Å². The van der Waals surface area contributed by atoms with Crippen LogP contribution >= 0.6 is 27.5 Å². The maximum atomic E-state index is 12.4. The van der Waals surface area contributed by atoms with Crippen LogP contribution in [0.2, 0.25) is 5.02 Å². The molecule has 2 atom stereocenters. The van der Waals surface area contributed by atoms with Crippen molar-refractivity contribution in [1.29, 1.82) is 0 Å². The molecule has 0 heterocycles. The maximum absolute atomic E-state index is 12.4. The van der Waals surface area contributed by atoms with E-state index in [4.69, 9.17) is 11.6 Å². The average molecular weight is 375 g/mol. The lowest BCUT2D eigenvalue weighted by Crippen LogP contribution is -2.42. The molecule has 2 N–H and O–H groups in total. The summed E-state index contributed by atoms with van der Waals surface area (Å²) in [5, 5.41) is 12.5. The number of benzene rings is 1. The van der Waals surface area contributed by atoms with Gasteiger partial charge in [-0.25, -0.2) is 0 Å². The van der Waals surface area contributed by atoms with Crippen LogP contribution in [0.4, 0.5) is 0 Å². The molecule has 1 saturated carbocycles. The molecule has 0 bridgehead atoms. The first-order valence-electron chi connectivity index (χ1n) is 6.98. The Kier molecular flexibility index (Phi) is 5.65. The van der Waals surface area contributed by atoms with E-state index in [9.17, 15) is 14.7 Å². The predicted octanol–water partition coefficient (Wildman–Crippen LogP) is 3.87.